The molecule has 1 amide bonds. The third-order valence-corrected chi connectivity index (χ3v) is 4.62. The number of carbonyl (C=O) groups excluding carboxylic acids is 1. The van der Waals surface area contributed by atoms with Crippen LogP contribution < -0.4 is 10.0 Å². The SMILES string of the molecule is CC(C)(C)C(=O)Nc1ccc(NS(=O)(=O)c2ccc(O)cc2)cc1. The van der Waals surface area contributed by atoms with Gasteiger partial charge >= 0.3 is 0 Å². The molecule has 128 valence electrons. The Morgan fingerprint density at radius 2 is 1.42 bits per heavy atom. The van der Waals surface area contributed by atoms with Crippen molar-refractivity contribution in [2.75, 3.05) is 10.0 Å². The molecule has 2 rings (SSSR count). The van der Waals surface area contributed by atoms with Crippen molar-refractivity contribution in [3.63, 3.8) is 0 Å². The number of hydrogen-bond acceptors (Lipinski definition) is 4. The highest BCUT2D eigenvalue weighted by Crippen LogP contribution is 2.21. The number of rotatable bonds is 4. The highest BCUT2D eigenvalue weighted by atomic mass is 32.2. The molecule has 24 heavy (non-hydrogen) atoms. The predicted molar refractivity (Wildman–Crippen MR) is 93.4 cm³/mol. The summed E-state index contributed by atoms with van der Waals surface area (Å²) >= 11 is 0. The summed E-state index contributed by atoms with van der Waals surface area (Å²) in [6, 6.07) is 11.6. The lowest BCUT2D eigenvalue weighted by molar-refractivity contribution is -0.123. The molecule has 0 aromatic heterocycles. The van der Waals surface area contributed by atoms with Gasteiger partial charge < -0.3 is 10.4 Å². The Balaban J connectivity index is 2.11. The van der Waals surface area contributed by atoms with Crippen LogP contribution in [0.4, 0.5) is 11.4 Å². The maximum atomic E-state index is 12.2. The van der Waals surface area contributed by atoms with Crippen LogP contribution in [0.5, 0.6) is 5.75 Å². The van der Waals surface area contributed by atoms with Crippen molar-refractivity contribution < 1.29 is 18.3 Å². The van der Waals surface area contributed by atoms with Gasteiger partial charge in [-0.05, 0) is 48.5 Å². The lowest BCUT2D eigenvalue weighted by Gasteiger charge is -2.17. The van der Waals surface area contributed by atoms with Gasteiger partial charge in [0.25, 0.3) is 10.0 Å². The molecule has 2 aromatic carbocycles. The van der Waals surface area contributed by atoms with Gasteiger partial charge in [0.05, 0.1) is 4.90 Å². The van der Waals surface area contributed by atoms with E-state index in [2.05, 4.69) is 10.0 Å². The predicted octanol–water partition coefficient (Wildman–Crippen LogP) is 3.18. The second-order valence-electron chi connectivity index (χ2n) is 6.38. The van der Waals surface area contributed by atoms with E-state index < -0.39 is 15.4 Å². The van der Waals surface area contributed by atoms with E-state index in [4.69, 9.17) is 0 Å². The third-order valence-electron chi connectivity index (χ3n) is 3.22. The number of sulfonamides is 1. The first-order chi connectivity index (χ1) is 11.1. The van der Waals surface area contributed by atoms with Crippen LogP contribution >= 0.6 is 0 Å². The normalized spacial score (nSPS) is 11.8. The standard InChI is InChI=1S/C17H20N2O4S/c1-17(2,3)16(21)18-12-4-6-13(7-5-12)19-24(22,23)15-10-8-14(20)9-11-15/h4-11,19-20H,1-3H3,(H,18,21). The molecule has 0 spiro atoms. The fraction of sp³-hybridized carbons (Fsp3) is 0.235. The maximum Gasteiger partial charge on any atom is 0.261 e. The van der Waals surface area contributed by atoms with Crippen LogP contribution in [0.15, 0.2) is 53.4 Å². The van der Waals surface area contributed by atoms with Crippen molar-refractivity contribution in [2.45, 2.75) is 25.7 Å². The van der Waals surface area contributed by atoms with E-state index in [-0.39, 0.29) is 16.6 Å². The van der Waals surface area contributed by atoms with Gasteiger partial charge in [0.2, 0.25) is 5.91 Å². The average Bonchev–Trinajstić information content (AvgIpc) is 2.48. The van der Waals surface area contributed by atoms with E-state index in [1.54, 1.807) is 24.3 Å². The number of carbonyl (C=O) groups is 1. The number of benzene rings is 2. The minimum absolute atomic E-state index is 0.00658. The maximum absolute atomic E-state index is 12.2. The summed E-state index contributed by atoms with van der Waals surface area (Å²) in [6.45, 7) is 5.42. The van der Waals surface area contributed by atoms with E-state index in [9.17, 15) is 18.3 Å². The van der Waals surface area contributed by atoms with Gasteiger partial charge in [-0.3, -0.25) is 9.52 Å². The molecular formula is C17H20N2O4S. The summed E-state index contributed by atoms with van der Waals surface area (Å²) in [6.07, 6.45) is 0. The monoisotopic (exact) mass is 348 g/mol. The molecule has 0 fully saturated rings. The van der Waals surface area contributed by atoms with Gasteiger partial charge in [-0.1, -0.05) is 20.8 Å². The summed E-state index contributed by atoms with van der Waals surface area (Å²) < 4.78 is 26.9. The molecule has 0 aliphatic rings. The first-order valence-corrected chi connectivity index (χ1v) is 8.80. The molecule has 2 aromatic rings. The van der Waals surface area contributed by atoms with Crippen molar-refractivity contribution >= 4 is 27.3 Å². The van der Waals surface area contributed by atoms with Gasteiger partial charge in [-0.2, -0.15) is 0 Å². The Kier molecular flexibility index (Phi) is 4.84. The molecule has 0 heterocycles. The molecule has 0 aliphatic heterocycles. The number of amides is 1. The highest BCUT2D eigenvalue weighted by molar-refractivity contribution is 7.92. The minimum atomic E-state index is -3.74. The Morgan fingerprint density at radius 3 is 1.92 bits per heavy atom. The van der Waals surface area contributed by atoms with Crippen LogP contribution in [0.3, 0.4) is 0 Å². The molecule has 0 bridgehead atoms. The topological polar surface area (TPSA) is 95.5 Å². The number of nitrogens with one attached hydrogen (secondary N) is 2. The van der Waals surface area contributed by atoms with E-state index in [0.29, 0.717) is 11.4 Å². The second kappa shape index (κ2) is 6.52. The molecular weight excluding hydrogens is 328 g/mol. The van der Waals surface area contributed by atoms with E-state index in [0.717, 1.165) is 0 Å². The van der Waals surface area contributed by atoms with Gasteiger partial charge in [0, 0.05) is 16.8 Å². The summed E-state index contributed by atoms with van der Waals surface area (Å²) in [5.41, 5.74) is 0.443. The second-order valence-corrected chi connectivity index (χ2v) is 8.06. The number of phenolic OH excluding ortho intramolecular Hbond substituents is 1. The Bertz CT molecular complexity index is 820. The van der Waals surface area contributed by atoms with Gasteiger partial charge in [0.15, 0.2) is 0 Å². The minimum Gasteiger partial charge on any atom is -0.508 e. The first-order valence-electron chi connectivity index (χ1n) is 7.31. The largest absolute Gasteiger partial charge is 0.508 e. The zero-order valence-corrected chi connectivity index (χ0v) is 14.5. The quantitative estimate of drug-likeness (QED) is 0.791. The Hall–Kier alpha value is -2.54. The summed E-state index contributed by atoms with van der Waals surface area (Å²) in [5, 5.41) is 12.0. The number of aromatic hydroxyl groups is 1. The van der Waals surface area contributed by atoms with Crippen molar-refractivity contribution in [3.05, 3.63) is 48.5 Å². The fourth-order valence-electron chi connectivity index (χ4n) is 1.78. The molecule has 0 saturated heterocycles. The summed E-state index contributed by atoms with van der Waals surface area (Å²) in [5.74, 6) is -0.132. The van der Waals surface area contributed by atoms with Crippen molar-refractivity contribution in [2.24, 2.45) is 5.41 Å². The summed E-state index contributed by atoms with van der Waals surface area (Å²) in [7, 11) is -3.74. The third kappa shape index (κ3) is 4.48. The van der Waals surface area contributed by atoms with Gasteiger partial charge in [-0.25, -0.2) is 8.42 Å². The fourth-order valence-corrected chi connectivity index (χ4v) is 2.84. The summed E-state index contributed by atoms with van der Waals surface area (Å²) in [4.78, 5) is 12.0. The lowest BCUT2D eigenvalue weighted by Crippen LogP contribution is -2.27. The molecule has 7 heteroatoms. The molecule has 0 aliphatic carbocycles. The average molecular weight is 348 g/mol. The first kappa shape index (κ1) is 17.8. The van der Waals surface area contributed by atoms with Crippen molar-refractivity contribution in [3.8, 4) is 5.75 Å². The van der Waals surface area contributed by atoms with Crippen molar-refractivity contribution in [1.82, 2.24) is 0 Å². The van der Waals surface area contributed by atoms with E-state index >= 15 is 0 Å². The van der Waals surface area contributed by atoms with Crippen molar-refractivity contribution in [1.29, 1.82) is 0 Å². The lowest BCUT2D eigenvalue weighted by atomic mass is 9.95. The molecule has 0 unspecified atom stereocenters. The smallest absolute Gasteiger partial charge is 0.261 e. The van der Waals surface area contributed by atoms with Crippen LogP contribution in [-0.2, 0) is 14.8 Å². The van der Waals surface area contributed by atoms with Crippen LogP contribution in [0.2, 0.25) is 0 Å². The molecule has 0 radical (unpaired) electrons. The molecule has 0 saturated carbocycles. The van der Waals surface area contributed by atoms with Crippen LogP contribution in [0.25, 0.3) is 0 Å². The number of hydrogen-bond donors (Lipinski definition) is 3. The number of phenols is 1. The van der Waals surface area contributed by atoms with Gasteiger partial charge in [-0.15, -0.1) is 0 Å². The van der Waals surface area contributed by atoms with Crippen LogP contribution in [-0.4, -0.2) is 19.4 Å². The van der Waals surface area contributed by atoms with E-state index in [1.165, 1.54) is 24.3 Å². The van der Waals surface area contributed by atoms with E-state index in [1.807, 2.05) is 20.8 Å². The Labute approximate surface area is 141 Å². The Morgan fingerprint density at radius 1 is 0.917 bits per heavy atom. The molecule has 6 nitrogen and oxygen atoms in total. The number of anilines is 2. The van der Waals surface area contributed by atoms with Gasteiger partial charge in [0.1, 0.15) is 5.75 Å². The highest BCUT2D eigenvalue weighted by Gasteiger charge is 2.21. The van der Waals surface area contributed by atoms with Crippen LogP contribution in [0.1, 0.15) is 20.8 Å². The molecule has 0 atom stereocenters. The molecule has 3 N–H and O–H groups in total. The zero-order valence-electron chi connectivity index (χ0n) is 13.7. The van der Waals surface area contributed by atoms with Crippen LogP contribution in [0, 0.1) is 5.41 Å². The zero-order chi connectivity index (χ0) is 18.0.